The molecule has 4 nitrogen and oxygen atoms in total. The predicted molar refractivity (Wildman–Crippen MR) is 81.0 cm³/mol. The molecule has 0 aliphatic heterocycles. The summed E-state index contributed by atoms with van der Waals surface area (Å²) in [5.74, 6) is 0.579. The van der Waals surface area contributed by atoms with Crippen molar-refractivity contribution in [3.8, 4) is 11.3 Å². The molecule has 1 fully saturated rings. The zero-order valence-corrected chi connectivity index (χ0v) is 12.6. The number of carboxylic acids is 1. The van der Waals surface area contributed by atoms with Gasteiger partial charge >= 0.3 is 0 Å². The maximum Gasteiger partial charge on any atom is 0.158 e. The van der Waals surface area contributed by atoms with Crippen molar-refractivity contribution >= 4 is 5.97 Å². The standard InChI is InChI=1S/C18H21NO3/c20-18(21)14-8-6-13(7-9-14)17-11-10-16(22-17)12-19-15-4-2-1-3-5-15/h6-11,15,19H,1-5,12H2,(H,20,21). The van der Waals surface area contributed by atoms with Crippen LogP contribution in [-0.4, -0.2) is 12.0 Å². The fourth-order valence-corrected chi connectivity index (χ4v) is 3.07. The Morgan fingerprint density at radius 1 is 1.09 bits per heavy atom. The minimum absolute atomic E-state index is 0.182. The first kappa shape index (κ1) is 14.9. The number of carboxylic acid groups (broad SMARTS) is 1. The number of hydrogen-bond acceptors (Lipinski definition) is 3. The van der Waals surface area contributed by atoms with Gasteiger partial charge in [0.1, 0.15) is 12.3 Å². The van der Waals surface area contributed by atoms with Crippen LogP contribution < -0.4 is 10.4 Å². The van der Waals surface area contributed by atoms with Crippen LogP contribution in [0.5, 0.6) is 0 Å². The molecule has 3 rings (SSSR count). The van der Waals surface area contributed by atoms with Crippen molar-refractivity contribution in [1.29, 1.82) is 0 Å². The molecule has 116 valence electrons. The number of carbonyl (C=O) groups is 1. The second kappa shape index (κ2) is 6.79. The molecule has 4 heteroatoms. The monoisotopic (exact) mass is 299 g/mol. The maximum atomic E-state index is 10.7. The number of quaternary nitrogens is 1. The summed E-state index contributed by atoms with van der Waals surface area (Å²) >= 11 is 0. The molecule has 0 unspecified atom stereocenters. The highest BCUT2D eigenvalue weighted by Crippen LogP contribution is 2.22. The number of furan rings is 1. The summed E-state index contributed by atoms with van der Waals surface area (Å²) in [5, 5.41) is 13.1. The summed E-state index contributed by atoms with van der Waals surface area (Å²) in [6.45, 7) is 0.863. The molecule has 2 N–H and O–H groups in total. The average Bonchev–Trinajstić information content (AvgIpc) is 3.03. The van der Waals surface area contributed by atoms with Crippen molar-refractivity contribution in [3.63, 3.8) is 0 Å². The van der Waals surface area contributed by atoms with Crippen LogP contribution >= 0.6 is 0 Å². The Kier molecular flexibility index (Phi) is 4.59. The Balaban J connectivity index is 1.61. The molecule has 0 radical (unpaired) electrons. The van der Waals surface area contributed by atoms with Gasteiger partial charge in [-0.2, -0.15) is 0 Å². The lowest BCUT2D eigenvalue weighted by molar-refractivity contribution is -0.708. The Hall–Kier alpha value is -2.07. The van der Waals surface area contributed by atoms with Crippen LogP contribution in [0.4, 0.5) is 0 Å². The van der Waals surface area contributed by atoms with E-state index in [1.807, 2.05) is 12.1 Å². The fraction of sp³-hybridized carbons (Fsp3) is 0.389. The molecule has 0 amide bonds. The van der Waals surface area contributed by atoms with Gasteiger partial charge in [0, 0.05) is 5.56 Å². The smallest absolute Gasteiger partial charge is 0.158 e. The molecule has 1 aromatic heterocycles. The van der Waals surface area contributed by atoms with E-state index < -0.39 is 5.97 Å². The molecule has 0 saturated heterocycles. The second-order valence-corrected chi connectivity index (χ2v) is 5.97. The van der Waals surface area contributed by atoms with E-state index in [-0.39, 0.29) is 5.56 Å². The van der Waals surface area contributed by atoms with E-state index in [1.165, 1.54) is 32.1 Å². The van der Waals surface area contributed by atoms with Crippen LogP contribution in [0.1, 0.15) is 48.2 Å². The lowest BCUT2D eigenvalue weighted by atomic mass is 9.95. The largest absolute Gasteiger partial charge is 0.545 e. The summed E-state index contributed by atoms with van der Waals surface area (Å²) < 4.78 is 5.87. The van der Waals surface area contributed by atoms with Gasteiger partial charge in [-0.15, -0.1) is 0 Å². The average molecular weight is 299 g/mol. The SMILES string of the molecule is O=C([O-])c1ccc(-c2ccc(C[NH2+]C3CCCCC3)o2)cc1. The molecule has 1 aliphatic rings. The molecule has 0 spiro atoms. The van der Waals surface area contributed by atoms with Gasteiger partial charge in [0.15, 0.2) is 5.76 Å². The van der Waals surface area contributed by atoms with Crippen LogP contribution in [0.3, 0.4) is 0 Å². The summed E-state index contributed by atoms with van der Waals surface area (Å²) in [6.07, 6.45) is 6.66. The summed E-state index contributed by atoms with van der Waals surface area (Å²) in [6, 6.07) is 11.3. The normalized spacial score (nSPS) is 15.8. The minimum atomic E-state index is -1.16. The highest BCUT2D eigenvalue weighted by Gasteiger charge is 2.16. The van der Waals surface area contributed by atoms with Crippen LogP contribution in [0.15, 0.2) is 40.8 Å². The van der Waals surface area contributed by atoms with E-state index in [4.69, 9.17) is 4.42 Å². The van der Waals surface area contributed by atoms with Crippen LogP contribution in [0, 0.1) is 0 Å². The molecule has 2 aromatic rings. The zero-order chi connectivity index (χ0) is 15.4. The van der Waals surface area contributed by atoms with Crippen LogP contribution in [-0.2, 0) is 6.54 Å². The van der Waals surface area contributed by atoms with Gasteiger partial charge in [0.25, 0.3) is 0 Å². The second-order valence-electron chi connectivity index (χ2n) is 5.97. The van der Waals surface area contributed by atoms with Crippen molar-refractivity contribution in [2.24, 2.45) is 0 Å². The Labute approximate surface area is 130 Å². The molecule has 1 aliphatic carbocycles. The van der Waals surface area contributed by atoms with Gasteiger partial charge in [0.2, 0.25) is 0 Å². The quantitative estimate of drug-likeness (QED) is 0.913. The van der Waals surface area contributed by atoms with Gasteiger partial charge in [0.05, 0.1) is 12.0 Å². The molecule has 22 heavy (non-hydrogen) atoms. The fourth-order valence-electron chi connectivity index (χ4n) is 3.07. The zero-order valence-electron chi connectivity index (χ0n) is 12.6. The van der Waals surface area contributed by atoms with Crippen molar-refractivity contribution in [2.45, 2.75) is 44.7 Å². The number of hydrogen-bond donors (Lipinski definition) is 1. The Morgan fingerprint density at radius 3 is 2.50 bits per heavy atom. The number of nitrogens with two attached hydrogens (primary N) is 1. The van der Waals surface area contributed by atoms with E-state index >= 15 is 0 Å². The van der Waals surface area contributed by atoms with Gasteiger partial charge in [-0.1, -0.05) is 30.7 Å². The summed E-state index contributed by atoms with van der Waals surface area (Å²) in [7, 11) is 0. The van der Waals surface area contributed by atoms with Gasteiger partial charge in [-0.25, -0.2) is 0 Å². The van der Waals surface area contributed by atoms with E-state index in [2.05, 4.69) is 5.32 Å². The molecular formula is C18H21NO3. The van der Waals surface area contributed by atoms with Crippen LogP contribution in [0.2, 0.25) is 0 Å². The number of rotatable bonds is 5. The van der Waals surface area contributed by atoms with Crippen molar-refractivity contribution in [2.75, 3.05) is 0 Å². The summed E-state index contributed by atoms with van der Waals surface area (Å²) in [4.78, 5) is 10.7. The first-order chi connectivity index (χ1) is 10.7. The molecule has 1 saturated carbocycles. The predicted octanol–water partition coefficient (Wildman–Crippen LogP) is 1.71. The van der Waals surface area contributed by atoms with E-state index in [0.717, 1.165) is 29.7 Å². The van der Waals surface area contributed by atoms with E-state index in [0.29, 0.717) is 0 Å². The first-order valence-electron chi connectivity index (χ1n) is 7.96. The number of aromatic carboxylic acids is 1. The Morgan fingerprint density at radius 2 is 1.82 bits per heavy atom. The van der Waals surface area contributed by atoms with Crippen molar-refractivity contribution < 1.29 is 19.6 Å². The molecule has 1 aromatic carbocycles. The van der Waals surface area contributed by atoms with Crippen LogP contribution in [0.25, 0.3) is 11.3 Å². The molecule has 0 bridgehead atoms. The summed E-state index contributed by atoms with van der Waals surface area (Å²) in [5.41, 5.74) is 1.06. The third-order valence-electron chi connectivity index (χ3n) is 4.37. The first-order valence-corrected chi connectivity index (χ1v) is 7.96. The number of benzene rings is 1. The Bertz CT molecular complexity index is 624. The highest BCUT2D eigenvalue weighted by molar-refractivity contribution is 5.86. The van der Waals surface area contributed by atoms with Gasteiger partial charge in [-0.3, -0.25) is 0 Å². The number of carbonyl (C=O) groups excluding carboxylic acids is 1. The molecular weight excluding hydrogens is 278 g/mol. The lowest BCUT2D eigenvalue weighted by Crippen LogP contribution is -2.88. The van der Waals surface area contributed by atoms with E-state index in [9.17, 15) is 9.90 Å². The van der Waals surface area contributed by atoms with Crippen molar-refractivity contribution in [1.82, 2.24) is 0 Å². The molecule has 0 atom stereocenters. The van der Waals surface area contributed by atoms with E-state index in [1.54, 1.807) is 24.3 Å². The third-order valence-corrected chi connectivity index (χ3v) is 4.37. The highest BCUT2D eigenvalue weighted by atomic mass is 16.4. The third kappa shape index (κ3) is 3.57. The van der Waals surface area contributed by atoms with Gasteiger partial charge < -0.3 is 19.6 Å². The van der Waals surface area contributed by atoms with Gasteiger partial charge in [-0.05, 0) is 43.4 Å². The topological polar surface area (TPSA) is 69.9 Å². The minimum Gasteiger partial charge on any atom is -0.545 e. The molecule has 1 heterocycles. The van der Waals surface area contributed by atoms with Crippen molar-refractivity contribution in [3.05, 3.63) is 47.7 Å². The lowest BCUT2D eigenvalue weighted by Gasteiger charge is -2.19. The maximum absolute atomic E-state index is 10.7.